The summed E-state index contributed by atoms with van der Waals surface area (Å²) in [5.74, 6) is 0.526. The molecule has 0 aliphatic carbocycles. The fourth-order valence-corrected chi connectivity index (χ4v) is 1.38. The van der Waals surface area contributed by atoms with Gasteiger partial charge in [0, 0.05) is 0 Å². The Balaban J connectivity index is 3.46. The normalized spacial score (nSPS) is 9.00. The maximum absolute atomic E-state index is 10.3. The van der Waals surface area contributed by atoms with Crippen molar-refractivity contribution < 1.29 is 19.1 Å². The number of hydrogen-bond acceptors (Lipinski definition) is 6. The van der Waals surface area contributed by atoms with E-state index in [0.29, 0.717) is 13.2 Å². The molecule has 0 bridgehead atoms. The van der Waals surface area contributed by atoms with Crippen molar-refractivity contribution in [3.05, 3.63) is 12.1 Å². The fourth-order valence-electron chi connectivity index (χ4n) is 1.38. The Hall–Kier alpha value is -2.42. The summed E-state index contributed by atoms with van der Waals surface area (Å²) < 4.78 is 10.7. The minimum absolute atomic E-state index is 0.263. The first kappa shape index (κ1) is 13.6. The molecule has 1 aromatic carbocycles. The van der Waals surface area contributed by atoms with E-state index in [0.717, 1.165) is 0 Å². The highest BCUT2D eigenvalue weighted by Gasteiger charge is 2.16. The lowest BCUT2D eigenvalue weighted by Crippen LogP contribution is -1.99. The zero-order valence-electron chi connectivity index (χ0n) is 10.1. The van der Waals surface area contributed by atoms with Gasteiger partial charge in [-0.2, -0.15) is 9.98 Å². The average molecular weight is 248 g/mol. The summed E-state index contributed by atoms with van der Waals surface area (Å²) in [4.78, 5) is 27.7. The molecule has 94 valence electrons. The largest absolute Gasteiger partial charge is 0.488 e. The molecular formula is C12H12N2O4. The monoisotopic (exact) mass is 248 g/mol. The summed E-state index contributed by atoms with van der Waals surface area (Å²) >= 11 is 0. The molecule has 0 N–H and O–H groups in total. The molecule has 0 saturated heterocycles. The van der Waals surface area contributed by atoms with E-state index in [9.17, 15) is 9.59 Å². The van der Waals surface area contributed by atoms with Crippen LogP contribution in [-0.4, -0.2) is 25.4 Å². The van der Waals surface area contributed by atoms with Gasteiger partial charge in [0.05, 0.1) is 13.2 Å². The van der Waals surface area contributed by atoms with Crippen LogP contribution in [-0.2, 0) is 9.59 Å². The summed E-state index contributed by atoms with van der Waals surface area (Å²) in [5.41, 5.74) is 0.556. The number of rotatable bonds is 6. The average Bonchev–Trinajstić information content (AvgIpc) is 2.37. The Kier molecular flexibility index (Phi) is 5.32. The molecular weight excluding hydrogens is 236 g/mol. The molecule has 0 aromatic heterocycles. The van der Waals surface area contributed by atoms with Crippen LogP contribution in [0.15, 0.2) is 22.1 Å². The van der Waals surface area contributed by atoms with Crippen LogP contribution in [0.2, 0.25) is 0 Å². The van der Waals surface area contributed by atoms with Gasteiger partial charge in [-0.3, -0.25) is 0 Å². The van der Waals surface area contributed by atoms with Crippen LogP contribution in [0.5, 0.6) is 11.5 Å². The van der Waals surface area contributed by atoms with Gasteiger partial charge in [-0.25, -0.2) is 9.59 Å². The maximum Gasteiger partial charge on any atom is 0.240 e. The number of hydrogen-bond donors (Lipinski definition) is 0. The molecule has 6 heteroatoms. The molecule has 6 nitrogen and oxygen atoms in total. The van der Waals surface area contributed by atoms with Crippen LogP contribution in [0.1, 0.15) is 13.8 Å². The molecule has 0 saturated carbocycles. The Morgan fingerprint density at radius 1 is 0.944 bits per heavy atom. The van der Waals surface area contributed by atoms with Crippen LogP contribution in [0.25, 0.3) is 0 Å². The Morgan fingerprint density at radius 2 is 1.33 bits per heavy atom. The number of carbonyl (C=O) groups excluding carboxylic acids is 2. The van der Waals surface area contributed by atoms with Crippen molar-refractivity contribution in [3.8, 4) is 11.5 Å². The van der Waals surface area contributed by atoms with Crippen molar-refractivity contribution >= 4 is 23.5 Å². The van der Waals surface area contributed by atoms with Crippen LogP contribution in [0.3, 0.4) is 0 Å². The molecule has 0 radical (unpaired) electrons. The van der Waals surface area contributed by atoms with E-state index in [1.807, 2.05) is 0 Å². The fraction of sp³-hybridized carbons (Fsp3) is 0.333. The van der Waals surface area contributed by atoms with E-state index in [-0.39, 0.29) is 22.9 Å². The van der Waals surface area contributed by atoms with Gasteiger partial charge < -0.3 is 9.47 Å². The van der Waals surface area contributed by atoms with Gasteiger partial charge in [-0.05, 0) is 26.0 Å². The van der Waals surface area contributed by atoms with E-state index >= 15 is 0 Å². The summed E-state index contributed by atoms with van der Waals surface area (Å²) in [6.45, 7) is 4.27. The molecule has 18 heavy (non-hydrogen) atoms. The van der Waals surface area contributed by atoms with Gasteiger partial charge in [0.25, 0.3) is 0 Å². The van der Waals surface area contributed by atoms with E-state index in [4.69, 9.17) is 9.47 Å². The molecule has 0 atom stereocenters. The second-order valence-electron chi connectivity index (χ2n) is 3.03. The lowest BCUT2D eigenvalue weighted by molar-refractivity contribution is 0.289. The molecule has 1 aromatic rings. The number of benzene rings is 1. The first-order valence-corrected chi connectivity index (χ1v) is 5.36. The highest BCUT2D eigenvalue weighted by atomic mass is 16.5. The van der Waals surface area contributed by atoms with Crippen molar-refractivity contribution in [2.45, 2.75) is 13.8 Å². The Bertz CT molecular complexity index is 468. The van der Waals surface area contributed by atoms with Gasteiger partial charge in [-0.1, -0.05) is 0 Å². The minimum atomic E-state index is 0.263. The predicted molar refractivity (Wildman–Crippen MR) is 64.3 cm³/mol. The second kappa shape index (κ2) is 7.01. The topological polar surface area (TPSA) is 77.3 Å². The van der Waals surface area contributed by atoms with Gasteiger partial charge in [-0.15, -0.1) is 0 Å². The molecule has 0 amide bonds. The van der Waals surface area contributed by atoms with E-state index in [1.54, 1.807) is 13.8 Å². The zero-order chi connectivity index (χ0) is 13.4. The Morgan fingerprint density at radius 3 is 1.61 bits per heavy atom. The first-order valence-electron chi connectivity index (χ1n) is 5.36. The molecule has 0 heterocycles. The third-order valence-corrected chi connectivity index (χ3v) is 1.98. The highest BCUT2D eigenvalue weighted by molar-refractivity contribution is 5.73. The van der Waals surface area contributed by atoms with Crippen LogP contribution < -0.4 is 9.47 Å². The number of nitrogens with zero attached hydrogens (tertiary/aromatic N) is 2. The Labute approximate surface area is 104 Å². The van der Waals surface area contributed by atoms with Crippen LogP contribution >= 0.6 is 0 Å². The van der Waals surface area contributed by atoms with E-state index in [1.165, 1.54) is 24.3 Å². The standard InChI is InChI=1S/C12H12N2O4/c1-3-17-11-9(13-7-15)5-6-10(14-8-16)12(11)18-4-2/h5-6H,3-4H2,1-2H3. The van der Waals surface area contributed by atoms with Crippen LogP contribution in [0, 0.1) is 0 Å². The number of ether oxygens (including phenoxy) is 2. The molecule has 0 fully saturated rings. The molecule has 0 spiro atoms. The van der Waals surface area contributed by atoms with Gasteiger partial charge in [0.2, 0.25) is 12.2 Å². The first-order chi connectivity index (χ1) is 8.78. The van der Waals surface area contributed by atoms with Crippen molar-refractivity contribution in [3.63, 3.8) is 0 Å². The zero-order valence-corrected chi connectivity index (χ0v) is 10.1. The lowest BCUT2D eigenvalue weighted by atomic mass is 10.2. The SMILES string of the molecule is CCOc1c(N=C=O)ccc(N=C=O)c1OCC. The van der Waals surface area contributed by atoms with Gasteiger partial charge in [0.1, 0.15) is 11.4 Å². The summed E-state index contributed by atoms with van der Waals surface area (Å²) in [6.07, 6.45) is 2.87. The smallest absolute Gasteiger partial charge is 0.240 e. The molecule has 0 aliphatic heterocycles. The third kappa shape index (κ3) is 3.04. The van der Waals surface area contributed by atoms with Crippen molar-refractivity contribution in [2.24, 2.45) is 9.98 Å². The molecule has 1 rings (SSSR count). The van der Waals surface area contributed by atoms with Crippen molar-refractivity contribution in [1.29, 1.82) is 0 Å². The summed E-state index contributed by atoms with van der Waals surface area (Å²) in [7, 11) is 0. The number of isocyanates is 2. The third-order valence-electron chi connectivity index (χ3n) is 1.98. The van der Waals surface area contributed by atoms with E-state index < -0.39 is 0 Å². The van der Waals surface area contributed by atoms with Crippen molar-refractivity contribution in [1.82, 2.24) is 0 Å². The van der Waals surface area contributed by atoms with Crippen LogP contribution in [0.4, 0.5) is 11.4 Å². The summed E-state index contributed by atoms with van der Waals surface area (Å²) in [6, 6.07) is 2.99. The van der Waals surface area contributed by atoms with Gasteiger partial charge >= 0.3 is 0 Å². The minimum Gasteiger partial charge on any atom is -0.488 e. The van der Waals surface area contributed by atoms with Gasteiger partial charge in [0.15, 0.2) is 11.5 Å². The molecule has 0 unspecified atom stereocenters. The quantitative estimate of drug-likeness (QED) is 0.572. The highest BCUT2D eigenvalue weighted by Crippen LogP contribution is 2.44. The second-order valence-corrected chi connectivity index (χ2v) is 3.03. The summed E-state index contributed by atoms with van der Waals surface area (Å²) in [5, 5.41) is 0. The maximum atomic E-state index is 10.3. The number of aliphatic imine (C=N–C) groups is 2. The van der Waals surface area contributed by atoms with Crippen molar-refractivity contribution in [2.75, 3.05) is 13.2 Å². The predicted octanol–water partition coefficient (Wildman–Crippen LogP) is 2.42. The lowest BCUT2D eigenvalue weighted by Gasteiger charge is -2.13. The molecule has 0 aliphatic rings. The van der Waals surface area contributed by atoms with E-state index in [2.05, 4.69) is 9.98 Å².